The zero-order chi connectivity index (χ0) is 13.9. The second-order valence-electron chi connectivity index (χ2n) is 4.66. The van der Waals surface area contributed by atoms with Crippen molar-refractivity contribution in [2.24, 2.45) is 5.10 Å². The Morgan fingerprint density at radius 1 is 1.25 bits per heavy atom. The Morgan fingerprint density at radius 3 is 2.95 bits per heavy atom. The molecule has 4 nitrogen and oxygen atoms in total. The van der Waals surface area contributed by atoms with E-state index in [1.54, 1.807) is 0 Å². The molecule has 0 saturated heterocycles. The molecule has 1 aliphatic rings. The van der Waals surface area contributed by atoms with Crippen molar-refractivity contribution in [2.75, 3.05) is 13.7 Å². The van der Waals surface area contributed by atoms with E-state index in [4.69, 9.17) is 4.74 Å². The van der Waals surface area contributed by atoms with Crippen molar-refractivity contribution >= 4 is 16.5 Å². The molecule has 0 saturated carbocycles. The number of ether oxygens (including phenoxy) is 1. The summed E-state index contributed by atoms with van der Waals surface area (Å²) in [7, 11) is 1.81. The molecule has 0 aromatic heterocycles. The van der Waals surface area contributed by atoms with Gasteiger partial charge in [-0.15, -0.1) is 0 Å². The van der Waals surface area contributed by atoms with E-state index in [0.717, 1.165) is 23.4 Å². The highest BCUT2D eigenvalue weighted by Gasteiger charge is 2.19. The summed E-state index contributed by atoms with van der Waals surface area (Å²) in [5, 5.41) is 9.75. The average Bonchev–Trinajstić information content (AvgIpc) is 2.52. The van der Waals surface area contributed by atoms with Crippen LogP contribution in [0, 0.1) is 0 Å². The van der Waals surface area contributed by atoms with E-state index in [9.17, 15) is 0 Å². The third-order valence-electron chi connectivity index (χ3n) is 3.40. The number of nitrogens with zero attached hydrogens (tertiary/aromatic N) is 1. The summed E-state index contributed by atoms with van der Waals surface area (Å²) < 4.78 is 5.75. The summed E-state index contributed by atoms with van der Waals surface area (Å²) in [6.07, 6.45) is 0.783. The molecule has 0 unspecified atom stereocenters. The summed E-state index contributed by atoms with van der Waals surface area (Å²) in [6, 6.07) is 12.4. The smallest absolute Gasteiger partial charge is 0.129 e. The lowest BCUT2D eigenvalue weighted by molar-refractivity contribution is 0.321. The maximum atomic E-state index is 5.75. The highest BCUT2D eigenvalue weighted by Crippen LogP contribution is 2.32. The van der Waals surface area contributed by atoms with Crippen molar-refractivity contribution in [3.05, 3.63) is 54.4 Å². The first-order valence-corrected chi connectivity index (χ1v) is 6.64. The van der Waals surface area contributed by atoms with Gasteiger partial charge in [0.15, 0.2) is 0 Å². The van der Waals surface area contributed by atoms with Crippen molar-refractivity contribution in [2.45, 2.75) is 6.42 Å². The predicted octanol–water partition coefficient (Wildman–Crippen LogP) is 2.61. The third-order valence-corrected chi connectivity index (χ3v) is 3.40. The van der Waals surface area contributed by atoms with Crippen molar-refractivity contribution in [1.82, 2.24) is 10.7 Å². The Labute approximate surface area is 118 Å². The van der Waals surface area contributed by atoms with Crippen LogP contribution in [0.1, 0.15) is 12.0 Å². The second kappa shape index (κ2) is 5.25. The van der Waals surface area contributed by atoms with Crippen LogP contribution >= 0.6 is 0 Å². The number of hydrazone groups is 1. The molecule has 0 spiro atoms. The number of rotatable bonds is 3. The standard InChI is InChI=1S/C16H17N3O/c1-11(17-2)18-19-14-9-10-20-15-8-7-12-5-3-4-6-13(12)16(14)15/h3-8,17-18H,1,9-10H2,2H3/b19-14+. The third kappa shape index (κ3) is 2.20. The van der Waals surface area contributed by atoms with Crippen molar-refractivity contribution < 1.29 is 4.74 Å². The largest absolute Gasteiger partial charge is 0.492 e. The molecule has 0 radical (unpaired) electrons. The molecular weight excluding hydrogens is 250 g/mol. The van der Waals surface area contributed by atoms with Gasteiger partial charge in [0.25, 0.3) is 0 Å². The molecule has 0 bridgehead atoms. The quantitative estimate of drug-likeness (QED) is 0.840. The minimum Gasteiger partial charge on any atom is -0.492 e. The van der Waals surface area contributed by atoms with Crippen LogP contribution in [0.4, 0.5) is 0 Å². The lowest BCUT2D eigenvalue weighted by atomic mass is 9.97. The summed E-state index contributed by atoms with van der Waals surface area (Å²) >= 11 is 0. The second-order valence-corrected chi connectivity index (χ2v) is 4.66. The summed E-state index contributed by atoms with van der Waals surface area (Å²) in [5.74, 6) is 1.57. The van der Waals surface area contributed by atoms with Gasteiger partial charge in [-0.25, -0.2) is 0 Å². The molecular formula is C16H17N3O. The van der Waals surface area contributed by atoms with E-state index in [0.29, 0.717) is 12.4 Å². The first kappa shape index (κ1) is 12.5. The molecule has 20 heavy (non-hydrogen) atoms. The van der Waals surface area contributed by atoms with Crippen molar-refractivity contribution in [1.29, 1.82) is 0 Å². The molecule has 0 aliphatic carbocycles. The molecule has 2 aromatic rings. The molecule has 0 amide bonds. The number of fused-ring (bicyclic) bond motifs is 3. The van der Waals surface area contributed by atoms with Gasteiger partial charge in [0.05, 0.1) is 12.3 Å². The maximum absolute atomic E-state index is 5.75. The molecule has 1 aliphatic heterocycles. The molecule has 102 valence electrons. The molecule has 0 atom stereocenters. The van der Waals surface area contributed by atoms with Gasteiger partial charge in [0.2, 0.25) is 0 Å². The van der Waals surface area contributed by atoms with Gasteiger partial charge in [-0.2, -0.15) is 5.10 Å². The lowest BCUT2D eigenvalue weighted by Crippen LogP contribution is -2.23. The van der Waals surface area contributed by atoms with Crippen LogP contribution < -0.4 is 15.5 Å². The van der Waals surface area contributed by atoms with Crippen LogP contribution in [0.3, 0.4) is 0 Å². The zero-order valence-corrected chi connectivity index (χ0v) is 11.4. The molecule has 2 N–H and O–H groups in total. The lowest BCUT2D eigenvalue weighted by Gasteiger charge is -2.21. The summed E-state index contributed by atoms with van der Waals surface area (Å²) in [6.45, 7) is 4.47. The van der Waals surface area contributed by atoms with Crippen LogP contribution in [0.25, 0.3) is 10.8 Å². The van der Waals surface area contributed by atoms with Gasteiger partial charge in [-0.1, -0.05) is 36.9 Å². The highest BCUT2D eigenvalue weighted by molar-refractivity contribution is 6.13. The number of benzene rings is 2. The van der Waals surface area contributed by atoms with Crippen molar-refractivity contribution in [3.63, 3.8) is 0 Å². The monoisotopic (exact) mass is 267 g/mol. The molecule has 1 heterocycles. The topological polar surface area (TPSA) is 45.7 Å². The van der Waals surface area contributed by atoms with Gasteiger partial charge < -0.3 is 10.1 Å². The normalized spacial score (nSPS) is 15.6. The van der Waals surface area contributed by atoms with Crippen LogP contribution in [-0.2, 0) is 0 Å². The van der Waals surface area contributed by atoms with Crippen LogP contribution in [-0.4, -0.2) is 19.4 Å². The molecule has 3 rings (SSSR count). The van der Waals surface area contributed by atoms with Crippen LogP contribution in [0.5, 0.6) is 5.75 Å². The number of hydrogen-bond donors (Lipinski definition) is 2. The van der Waals surface area contributed by atoms with E-state index in [-0.39, 0.29) is 0 Å². The zero-order valence-electron chi connectivity index (χ0n) is 11.4. The van der Waals surface area contributed by atoms with Gasteiger partial charge in [0.1, 0.15) is 11.6 Å². The Hall–Kier alpha value is -2.49. The van der Waals surface area contributed by atoms with Gasteiger partial charge in [0, 0.05) is 19.0 Å². The molecule has 4 heteroatoms. The fraction of sp³-hybridized carbons (Fsp3) is 0.188. The number of nitrogens with one attached hydrogen (secondary N) is 2. The Balaban J connectivity index is 2.10. The molecule has 2 aromatic carbocycles. The van der Waals surface area contributed by atoms with Gasteiger partial charge >= 0.3 is 0 Å². The van der Waals surface area contributed by atoms with Crippen LogP contribution in [0.15, 0.2) is 53.9 Å². The molecule has 0 fully saturated rings. The fourth-order valence-electron chi connectivity index (χ4n) is 2.35. The van der Waals surface area contributed by atoms with Gasteiger partial charge in [-0.3, -0.25) is 5.43 Å². The first-order chi connectivity index (χ1) is 9.79. The van der Waals surface area contributed by atoms with E-state index in [1.165, 1.54) is 10.8 Å². The number of hydrogen-bond acceptors (Lipinski definition) is 4. The first-order valence-electron chi connectivity index (χ1n) is 6.64. The fourth-order valence-corrected chi connectivity index (χ4v) is 2.35. The minimum absolute atomic E-state index is 0.651. The SMILES string of the molecule is C=C(NC)N/N=C1\CCOc2ccc3ccccc3c21. The van der Waals surface area contributed by atoms with E-state index >= 15 is 0 Å². The Bertz CT molecular complexity index is 691. The Morgan fingerprint density at radius 2 is 2.10 bits per heavy atom. The van der Waals surface area contributed by atoms with E-state index in [1.807, 2.05) is 25.2 Å². The van der Waals surface area contributed by atoms with Gasteiger partial charge in [-0.05, 0) is 16.8 Å². The highest BCUT2D eigenvalue weighted by atomic mass is 16.5. The van der Waals surface area contributed by atoms with Crippen molar-refractivity contribution in [3.8, 4) is 5.75 Å². The maximum Gasteiger partial charge on any atom is 0.129 e. The predicted molar refractivity (Wildman–Crippen MR) is 81.9 cm³/mol. The summed E-state index contributed by atoms with van der Waals surface area (Å²) in [4.78, 5) is 0. The van der Waals surface area contributed by atoms with E-state index in [2.05, 4.69) is 40.6 Å². The Kier molecular flexibility index (Phi) is 3.29. The average molecular weight is 267 g/mol. The summed E-state index contributed by atoms with van der Waals surface area (Å²) in [5.41, 5.74) is 5.01. The minimum atomic E-state index is 0.651. The van der Waals surface area contributed by atoms with E-state index < -0.39 is 0 Å². The van der Waals surface area contributed by atoms with Crippen LogP contribution in [0.2, 0.25) is 0 Å².